The van der Waals surface area contributed by atoms with Gasteiger partial charge in [-0.25, -0.2) is 0 Å². The van der Waals surface area contributed by atoms with Crippen LogP contribution in [0.5, 0.6) is 0 Å². The van der Waals surface area contributed by atoms with E-state index in [0.29, 0.717) is 0 Å². The van der Waals surface area contributed by atoms with Crippen molar-refractivity contribution in [3.05, 3.63) is 332 Å². The Bertz CT molecular complexity index is 7080. The highest BCUT2D eigenvalue weighted by molar-refractivity contribution is 7.00. The maximum absolute atomic E-state index is 2.76. The topological polar surface area (TPSA) is 16.3 Å². The fourth-order valence-electron chi connectivity index (χ4n) is 20.1. The molecule has 4 heterocycles. The molecule has 0 unspecified atom stereocenters. The third-order valence-corrected chi connectivity index (χ3v) is 25.4. The van der Waals surface area contributed by atoms with Crippen molar-refractivity contribution in [1.29, 1.82) is 0 Å². The zero-order valence-corrected chi connectivity index (χ0v) is 63.9. The molecule has 21 aromatic rings. The van der Waals surface area contributed by atoms with Crippen LogP contribution in [0.1, 0.15) is 79.0 Å². The van der Waals surface area contributed by atoms with Gasteiger partial charge in [0, 0.05) is 77.9 Å². The highest BCUT2D eigenvalue weighted by Crippen LogP contribution is 2.57. The summed E-state index contributed by atoms with van der Waals surface area (Å²) in [4.78, 5) is 5.49. The molecule has 0 bridgehead atoms. The molecule has 4 nitrogen and oxygen atoms in total. The quantitative estimate of drug-likeness (QED) is 0.0856. The Hall–Kier alpha value is -13.0. The molecule has 2 aliphatic rings. The predicted octanol–water partition coefficient (Wildman–Crippen LogP) is 27.2. The molecule has 19 aromatic carbocycles. The maximum atomic E-state index is 2.76. The summed E-state index contributed by atoms with van der Waals surface area (Å²) in [6.45, 7) is 20.9. The number of hydrogen-bond acceptors (Lipinski definition) is 2. The molecule has 0 N–H and O–H groups in total. The Balaban J connectivity index is 0.878. The van der Waals surface area contributed by atoms with E-state index in [-0.39, 0.29) is 23.0 Å². The first-order valence-corrected chi connectivity index (χ1v) is 39.5. The molecule has 2 aliphatic heterocycles. The largest absolute Gasteiger partial charge is 0.310 e. The van der Waals surface area contributed by atoms with E-state index < -0.39 is 0 Å². The first kappa shape index (κ1) is 64.1. The minimum Gasteiger partial charge on any atom is -0.310 e. The van der Waals surface area contributed by atoms with Gasteiger partial charge in [-0.3, -0.25) is 0 Å². The normalized spacial score (nSPS) is 13.4. The van der Waals surface area contributed by atoms with E-state index in [1.54, 1.807) is 0 Å². The Morgan fingerprint density at radius 1 is 0.234 bits per heavy atom. The second-order valence-electron chi connectivity index (χ2n) is 34.7. The summed E-state index contributed by atoms with van der Waals surface area (Å²) in [6.07, 6.45) is 0. The lowest BCUT2D eigenvalue weighted by Gasteiger charge is -2.46. The Morgan fingerprint density at radius 3 is 0.856 bits per heavy atom. The monoisotopic (exact) mass is 1420 g/mol. The first-order chi connectivity index (χ1) is 54.0. The minimum atomic E-state index is -0.339. The van der Waals surface area contributed by atoms with E-state index in [1.807, 2.05) is 0 Å². The zero-order valence-electron chi connectivity index (χ0n) is 63.9. The summed E-state index contributed by atoms with van der Waals surface area (Å²) >= 11 is 0. The van der Waals surface area contributed by atoms with Gasteiger partial charge in [0.25, 0.3) is 6.71 Å². The second kappa shape index (κ2) is 22.8. The summed E-state index contributed by atoms with van der Waals surface area (Å²) in [5, 5.41) is 20.8. The lowest BCUT2D eigenvalue weighted by molar-refractivity contribution is 0.590. The zero-order chi connectivity index (χ0) is 74.4. The van der Waals surface area contributed by atoms with E-state index in [4.69, 9.17) is 0 Å². The van der Waals surface area contributed by atoms with Crippen LogP contribution in [-0.4, -0.2) is 15.8 Å². The van der Waals surface area contributed by atoms with Gasteiger partial charge in [0.05, 0.1) is 33.4 Å². The van der Waals surface area contributed by atoms with Gasteiger partial charge in [0.2, 0.25) is 0 Å². The summed E-state index contributed by atoms with van der Waals surface area (Å²) in [6, 6.07) is 122. The summed E-state index contributed by atoms with van der Waals surface area (Å²) < 4.78 is 5.20. The van der Waals surface area contributed by atoms with Crippen LogP contribution < -0.4 is 26.2 Å². The number of benzene rings is 19. The molecule has 0 radical (unpaired) electrons. The molecule has 0 aliphatic carbocycles. The van der Waals surface area contributed by atoms with Crippen molar-refractivity contribution in [2.45, 2.75) is 78.6 Å². The number of hydrogen-bond donors (Lipinski definition) is 0. The smallest absolute Gasteiger partial charge is 0.252 e. The van der Waals surface area contributed by atoms with Gasteiger partial charge < -0.3 is 18.9 Å². The van der Waals surface area contributed by atoms with E-state index in [1.165, 1.54) is 141 Å². The molecule has 111 heavy (non-hydrogen) atoms. The fraction of sp³-hybridized carbons (Fsp3) is 0.113. The molecule has 0 saturated heterocycles. The van der Waals surface area contributed by atoms with Crippen LogP contribution in [0.15, 0.2) is 315 Å². The third-order valence-electron chi connectivity index (χ3n) is 25.4. The van der Waals surface area contributed by atoms with Crippen LogP contribution >= 0.6 is 0 Å². The van der Waals surface area contributed by atoms with Gasteiger partial charge in [0.15, 0.2) is 0 Å². The Morgan fingerprint density at radius 2 is 0.541 bits per heavy atom. The van der Waals surface area contributed by atoms with Crippen molar-refractivity contribution in [2.75, 3.05) is 9.80 Å². The number of aromatic nitrogens is 2. The highest BCUT2D eigenvalue weighted by Gasteiger charge is 2.47. The van der Waals surface area contributed by atoms with Gasteiger partial charge in [-0.2, -0.15) is 0 Å². The number of fused-ring (bicyclic) bond motifs is 6. The third kappa shape index (κ3) is 9.06. The van der Waals surface area contributed by atoms with Crippen molar-refractivity contribution in [1.82, 2.24) is 9.13 Å². The average Bonchev–Trinajstić information content (AvgIpc) is 1.68. The van der Waals surface area contributed by atoms with E-state index in [2.05, 4.69) is 397 Å². The van der Waals surface area contributed by atoms with Crippen LogP contribution in [0.25, 0.3) is 164 Å². The number of para-hydroxylation sites is 2. The van der Waals surface area contributed by atoms with Gasteiger partial charge in [-0.15, -0.1) is 0 Å². The van der Waals surface area contributed by atoms with Gasteiger partial charge >= 0.3 is 0 Å². The molecule has 23 rings (SSSR count). The fourth-order valence-corrected chi connectivity index (χ4v) is 20.1. The number of rotatable bonds is 8. The molecule has 0 saturated carbocycles. The van der Waals surface area contributed by atoms with Crippen LogP contribution in [-0.2, 0) is 16.2 Å². The standard InChI is InChI=1S/C106H79BN4/c1-104(2,3)70-46-38-64(39-47-70)77-32-21-33-78(65-40-48-71(49-41-65)105(4,5)6)103(77)111-90-61-74(109-87-56-44-68-28-18-36-81-82-37-19-29-69-45-57-88(109)100(96(69)82)99(87)95(68)81)51-53-84(90)107-83-52-50-73(108-85-54-42-66-26-16-34-79-80-35-17-27-67-43-55-86(108)98(94(67)80)97(85)93(66)79)60-89(83)110(91-58-72(106(7,8)9)59-92(111)101(91)107)102-75(62-22-12-10-13-23-62)30-20-31-76(102)63-24-14-11-15-25-63/h10-61H,1-9H3. The molecular formula is C106H79BN4. The van der Waals surface area contributed by atoms with Crippen LogP contribution in [0.3, 0.4) is 0 Å². The Labute approximate surface area is 646 Å². The van der Waals surface area contributed by atoms with Crippen LogP contribution in [0.4, 0.5) is 34.1 Å². The van der Waals surface area contributed by atoms with Crippen molar-refractivity contribution in [3.8, 4) is 55.9 Å². The van der Waals surface area contributed by atoms with Gasteiger partial charge in [-0.1, -0.05) is 317 Å². The van der Waals surface area contributed by atoms with Gasteiger partial charge in [-0.05, 0) is 197 Å². The van der Waals surface area contributed by atoms with Crippen molar-refractivity contribution in [2.24, 2.45) is 0 Å². The van der Waals surface area contributed by atoms with Gasteiger partial charge in [0.1, 0.15) is 0 Å². The lowest BCUT2D eigenvalue weighted by atomic mass is 9.33. The van der Waals surface area contributed by atoms with E-state index in [9.17, 15) is 0 Å². The molecule has 0 amide bonds. The molecule has 526 valence electrons. The molecule has 2 aromatic heterocycles. The first-order valence-electron chi connectivity index (χ1n) is 39.5. The summed E-state index contributed by atoms with van der Waals surface area (Å²) in [5.74, 6) is 0. The molecule has 0 fully saturated rings. The van der Waals surface area contributed by atoms with Crippen LogP contribution in [0, 0.1) is 0 Å². The summed E-state index contributed by atoms with van der Waals surface area (Å²) in [7, 11) is 0. The Kier molecular flexibility index (Phi) is 13.2. The van der Waals surface area contributed by atoms with E-state index >= 15 is 0 Å². The molecule has 0 atom stereocenters. The SMILES string of the molecule is CC(C)(C)c1ccc(-c2cccc(-c3ccc(C(C)(C)C)cc3)c2N2c3cc(-n4c5ccc6cccc7c8cccc9ccc4c(c98)c5c67)ccc3B3c4ccc(-n5c6ccc7cccc8c9cccc%10ccc5c(c%109)c6c78)cc4N(c4c(-c5ccccc5)cccc4-c4ccccc4)c4cc(C(C)(C)C)cc2c43)cc1. The highest BCUT2D eigenvalue weighted by atomic mass is 15.2. The molecular weight excluding hydrogens is 1340 g/mol. The predicted molar refractivity (Wildman–Crippen MR) is 477 cm³/mol. The molecule has 0 spiro atoms. The molecule has 5 heteroatoms. The number of nitrogens with zero attached hydrogens (tertiary/aromatic N) is 4. The van der Waals surface area contributed by atoms with Crippen LogP contribution in [0.2, 0.25) is 0 Å². The van der Waals surface area contributed by atoms with Crippen molar-refractivity contribution in [3.63, 3.8) is 0 Å². The average molecular weight is 1420 g/mol. The maximum Gasteiger partial charge on any atom is 0.252 e. The number of anilines is 6. The van der Waals surface area contributed by atoms with E-state index in [0.717, 1.165) is 90.0 Å². The summed E-state index contributed by atoms with van der Waals surface area (Å²) in [5.41, 5.74) is 30.3. The van der Waals surface area contributed by atoms with Crippen molar-refractivity contribution >= 4 is 165 Å². The lowest BCUT2D eigenvalue weighted by Crippen LogP contribution is -2.61. The second-order valence-corrected chi connectivity index (χ2v) is 34.7. The minimum absolute atomic E-state index is 0.0486. The van der Waals surface area contributed by atoms with Crippen molar-refractivity contribution < 1.29 is 0 Å².